The minimum Gasteiger partial charge on any atom is -0.457 e. The largest absolute Gasteiger partial charge is 0.457 e. The molecule has 3 aromatic rings. The molecule has 158 valence electrons. The first-order valence-electron chi connectivity index (χ1n) is 10.8. The number of amides is 1. The Hall–Kier alpha value is -3.18. The highest BCUT2D eigenvalue weighted by molar-refractivity contribution is 5.83. The summed E-state index contributed by atoms with van der Waals surface area (Å²) in [5.41, 5.74) is 3.25. The van der Waals surface area contributed by atoms with Gasteiger partial charge in [-0.25, -0.2) is 0 Å². The number of hydrogen-bond donors (Lipinski definition) is 0. The van der Waals surface area contributed by atoms with Gasteiger partial charge in [0.2, 0.25) is 5.91 Å². The minimum atomic E-state index is -0.340. The van der Waals surface area contributed by atoms with Crippen molar-refractivity contribution in [3.05, 3.63) is 89.7 Å². The molecule has 1 aromatic heterocycles. The average molecular weight is 414 g/mol. The fourth-order valence-electron chi connectivity index (χ4n) is 4.70. The first-order valence-corrected chi connectivity index (χ1v) is 10.8. The summed E-state index contributed by atoms with van der Waals surface area (Å²) in [4.78, 5) is 21.9. The standard InChI is InChI=1S/C26H27N3O2/c1-26(25(30)29-17-21-10-12-27-15-22(21)18-29)11-13-28(19-26)16-20-6-5-9-24(14-20)31-23-7-3-2-4-8-23/h2-10,12,14-15H,11,13,16-19H2,1H3. The Labute approximate surface area is 183 Å². The Morgan fingerprint density at radius 2 is 1.84 bits per heavy atom. The van der Waals surface area contributed by atoms with Crippen LogP contribution in [0.15, 0.2) is 73.1 Å². The molecule has 2 aliphatic heterocycles. The summed E-state index contributed by atoms with van der Waals surface area (Å²) in [5, 5.41) is 0. The van der Waals surface area contributed by atoms with Gasteiger partial charge in [0, 0.05) is 38.6 Å². The zero-order chi connectivity index (χ0) is 21.3. The summed E-state index contributed by atoms with van der Waals surface area (Å²) < 4.78 is 5.98. The lowest BCUT2D eigenvalue weighted by Crippen LogP contribution is -2.41. The number of fused-ring (bicyclic) bond motifs is 1. The molecule has 1 amide bonds. The molecule has 1 fully saturated rings. The van der Waals surface area contributed by atoms with Crippen LogP contribution in [-0.4, -0.2) is 33.8 Å². The van der Waals surface area contributed by atoms with E-state index in [-0.39, 0.29) is 11.3 Å². The number of hydrogen-bond acceptors (Lipinski definition) is 4. The number of para-hydroxylation sites is 1. The third-order valence-electron chi connectivity index (χ3n) is 6.37. The van der Waals surface area contributed by atoms with Crippen LogP contribution in [0.2, 0.25) is 0 Å². The Morgan fingerprint density at radius 3 is 2.68 bits per heavy atom. The molecule has 2 aliphatic rings. The highest BCUT2D eigenvalue weighted by Crippen LogP contribution is 2.36. The van der Waals surface area contributed by atoms with Crippen LogP contribution in [-0.2, 0) is 24.4 Å². The van der Waals surface area contributed by atoms with E-state index < -0.39 is 0 Å². The molecular formula is C26H27N3O2. The summed E-state index contributed by atoms with van der Waals surface area (Å²) in [6.45, 7) is 6.02. The quantitative estimate of drug-likeness (QED) is 0.612. The second-order valence-electron chi connectivity index (χ2n) is 8.89. The third kappa shape index (κ3) is 4.19. The lowest BCUT2D eigenvalue weighted by molar-refractivity contribution is -0.141. The number of ether oxygens (including phenoxy) is 1. The van der Waals surface area contributed by atoms with E-state index in [2.05, 4.69) is 28.9 Å². The zero-order valence-electron chi connectivity index (χ0n) is 17.8. The van der Waals surface area contributed by atoms with Gasteiger partial charge in [-0.05, 0) is 66.9 Å². The van der Waals surface area contributed by atoms with Crippen LogP contribution < -0.4 is 4.74 Å². The van der Waals surface area contributed by atoms with Gasteiger partial charge in [0.1, 0.15) is 11.5 Å². The van der Waals surface area contributed by atoms with Gasteiger partial charge in [-0.15, -0.1) is 0 Å². The maximum atomic E-state index is 13.4. The van der Waals surface area contributed by atoms with Crippen molar-refractivity contribution in [2.45, 2.75) is 33.0 Å². The smallest absolute Gasteiger partial charge is 0.230 e. The number of carbonyl (C=O) groups is 1. The maximum absolute atomic E-state index is 13.4. The van der Waals surface area contributed by atoms with E-state index in [0.717, 1.165) is 37.6 Å². The summed E-state index contributed by atoms with van der Waals surface area (Å²) in [6, 6.07) is 20.1. The molecule has 0 aliphatic carbocycles. The number of carbonyl (C=O) groups excluding carboxylic acids is 1. The van der Waals surface area contributed by atoms with Gasteiger partial charge < -0.3 is 9.64 Å². The summed E-state index contributed by atoms with van der Waals surface area (Å²) in [5.74, 6) is 1.93. The van der Waals surface area contributed by atoms with Crippen molar-refractivity contribution < 1.29 is 9.53 Å². The van der Waals surface area contributed by atoms with Crippen LogP contribution >= 0.6 is 0 Å². The van der Waals surface area contributed by atoms with Gasteiger partial charge in [-0.2, -0.15) is 0 Å². The molecule has 0 radical (unpaired) electrons. The second kappa shape index (κ2) is 8.16. The first kappa shape index (κ1) is 19.8. The predicted molar refractivity (Wildman–Crippen MR) is 119 cm³/mol. The van der Waals surface area contributed by atoms with Crippen molar-refractivity contribution in [2.75, 3.05) is 13.1 Å². The lowest BCUT2D eigenvalue weighted by Gasteiger charge is -2.29. The van der Waals surface area contributed by atoms with Crippen LogP contribution in [0.1, 0.15) is 30.0 Å². The van der Waals surface area contributed by atoms with Crippen molar-refractivity contribution in [1.82, 2.24) is 14.8 Å². The van der Waals surface area contributed by atoms with Crippen LogP contribution in [0.4, 0.5) is 0 Å². The van der Waals surface area contributed by atoms with E-state index in [0.29, 0.717) is 13.1 Å². The lowest BCUT2D eigenvalue weighted by atomic mass is 9.88. The van der Waals surface area contributed by atoms with Gasteiger partial charge in [0.15, 0.2) is 0 Å². The van der Waals surface area contributed by atoms with Gasteiger partial charge in [-0.1, -0.05) is 30.3 Å². The number of benzene rings is 2. The molecule has 1 atom stereocenters. The summed E-state index contributed by atoms with van der Waals surface area (Å²) in [7, 11) is 0. The van der Waals surface area contributed by atoms with Crippen LogP contribution in [0.5, 0.6) is 11.5 Å². The van der Waals surface area contributed by atoms with E-state index in [9.17, 15) is 4.79 Å². The number of rotatable bonds is 5. The fourth-order valence-corrected chi connectivity index (χ4v) is 4.70. The van der Waals surface area contributed by atoms with Crippen molar-refractivity contribution in [1.29, 1.82) is 0 Å². The molecular weight excluding hydrogens is 386 g/mol. The molecule has 0 bridgehead atoms. The average Bonchev–Trinajstić information content (AvgIpc) is 3.38. The Morgan fingerprint density at radius 1 is 1.03 bits per heavy atom. The molecule has 3 heterocycles. The van der Waals surface area contributed by atoms with E-state index in [1.54, 1.807) is 6.20 Å². The minimum absolute atomic E-state index is 0.257. The van der Waals surface area contributed by atoms with Gasteiger partial charge >= 0.3 is 0 Å². The monoisotopic (exact) mass is 413 g/mol. The summed E-state index contributed by atoms with van der Waals surface area (Å²) in [6.07, 6.45) is 4.58. The van der Waals surface area contributed by atoms with Crippen molar-refractivity contribution >= 4 is 5.91 Å². The van der Waals surface area contributed by atoms with Crippen molar-refractivity contribution in [2.24, 2.45) is 5.41 Å². The molecule has 5 rings (SSSR count). The van der Waals surface area contributed by atoms with Crippen LogP contribution in [0, 0.1) is 5.41 Å². The normalized spacial score (nSPS) is 20.6. The maximum Gasteiger partial charge on any atom is 0.230 e. The molecule has 0 spiro atoms. The van der Waals surface area contributed by atoms with E-state index in [1.807, 2.05) is 59.6 Å². The third-order valence-corrected chi connectivity index (χ3v) is 6.37. The van der Waals surface area contributed by atoms with Gasteiger partial charge in [0.25, 0.3) is 0 Å². The number of pyridine rings is 1. The molecule has 0 N–H and O–H groups in total. The zero-order valence-corrected chi connectivity index (χ0v) is 17.8. The highest BCUT2D eigenvalue weighted by Gasteiger charge is 2.43. The topological polar surface area (TPSA) is 45.7 Å². The van der Waals surface area contributed by atoms with Gasteiger partial charge in [-0.3, -0.25) is 14.7 Å². The van der Waals surface area contributed by atoms with E-state index in [1.165, 1.54) is 16.7 Å². The molecule has 1 saturated heterocycles. The first-order chi connectivity index (χ1) is 15.1. The van der Waals surface area contributed by atoms with E-state index in [4.69, 9.17) is 4.74 Å². The Kier molecular flexibility index (Phi) is 5.20. The predicted octanol–water partition coefficient (Wildman–Crippen LogP) is 4.63. The molecule has 31 heavy (non-hydrogen) atoms. The number of aromatic nitrogens is 1. The Balaban J connectivity index is 1.22. The fraction of sp³-hybridized carbons (Fsp3) is 0.308. The number of likely N-dealkylation sites (tertiary alicyclic amines) is 1. The van der Waals surface area contributed by atoms with Crippen molar-refractivity contribution in [3.8, 4) is 11.5 Å². The van der Waals surface area contributed by atoms with E-state index >= 15 is 0 Å². The summed E-state index contributed by atoms with van der Waals surface area (Å²) >= 11 is 0. The molecule has 0 saturated carbocycles. The highest BCUT2D eigenvalue weighted by atomic mass is 16.5. The SMILES string of the molecule is CC1(C(=O)N2Cc3ccncc3C2)CCN(Cc2cccc(Oc3ccccc3)c2)C1. The van der Waals surface area contributed by atoms with Crippen LogP contribution in [0.3, 0.4) is 0 Å². The van der Waals surface area contributed by atoms with Crippen LogP contribution in [0.25, 0.3) is 0 Å². The molecule has 5 heteroatoms. The second-order valence-corrected chi connectivity index (χ2v) is 8.89. The molecule has 5 nitrogen and oxygen atoms in total. The molecule has 1 unspecified atom stereocenters. The van der Waals surface area contributed by atoms with Crippen molar-refractivity contribution in [3.63, 3.8) is 0 Å². The van der Waals surface area contributed by atoms with Gasteiger partial charge in [0.05, 0.1) is 5.41 Å². The Bertz CT molecular complexity index is 1060. The molecule has 2 aromatic carbocycles. The number of nitrogens with zero attached hydrogens (tertiary/aromatic N) is 3.